The number of halogens is 1. The Balaban J connectivity index is 1.71. The molecule has 0 saturated carbocycles. The van der Waals surface area contributed by atoms with Crippen LogP contribution in [0.3, 0.4) is 0 Å². The Labute approximate surface area is 165 Å². The van der Waals surface area contributed by atoms with E-state index in [-0.39, 0.29) is 11.9 Å². The highest BCUT2D eigenvalue weighted by Gasteiger charge is 2.21. The van der Waals surface area contributed by atoms with Gasteiger partial charge in [-0.3, -0.25) is 9.69 Å². The molecule has 1 unspecified atom stereocenters. The molecule has 27 heavy (non-hydrogen) atoms. The minimum Gasteiger partial charge on any atom is -0.361 e. The summed E-state index contributed by atoms with van der Waals surface area (Å²) >= 11 is 6.43. The number of H-pyrrole nitrogens is 1. The van der Waals surface area contributed by atoms with Gasteiger partial charge in [0.2, 0.25) is 5.91 Å². The lowest BCUT2D eigenvalue weighted by molar-refractivity contribution is -0.120. The lowest BCUT2D eigenvalue weighted by atomic mass is 10.0. The Bertz CT molecular complexity index is 901. The van der Waals surface area contributed by atoms with E-state index >= 15 is 0 Å². The van der Waals surface area contributed by atoms with Crippen molar-refractivity contribution < 1.29 is 4.79 Å². The maximum absolute atomic E-state index is 12.6. The van der Waals surface area contributed by atoms with Gasteiger partial charge in [0.1, 0.15) is 0 Å². The second-order valence-corrected chi connectivity index (χ2v) is 7.01. The summed E-state index contributed by atoms with van der Waals surface area (Å²) < 4.78 is 0. The van der Waals surface area contributed by atoms with Crippen LogP contribution in [0.1, 0.15) is 31.0 Å². The molecule has 1 heterocycles. The fraction of sp³-hybridized carbons (Fsp3) is 0.318. The van der Waals surface area contributed by atoms with Gasteiger partial charge in [-0.2, -0.15) is 0 Å². The number of hydrogen-bond donors (Lipinski definition) is 2. The van der Waals surface area contributed by atoms with Gasteiger partial charge in [-0.15, -0.1) is 0 Å². The van der Waals surface area contributed by atoms with Crippen LogP contribution in [-0.4, -0.2) is 35.4 Å². The number of aromatic amines is 1. The Morgan fingerprint density at radius 1 is 1.11 bits per heavy atom. The molecule has 0 aliphatic carbocycles. The molecule has 1 atom stereocenters. The molecule has 2 N–H and O–H groups in total. The van der Waals surface area contributed by atoms with E-state index in [4.69, 9.17) is 11.6 Å². The fourth-order valence-corrected chi connectivity index (χ4v) is 3.83. The van der Waals surface area contributed by atoms with Crippen molar-refractivity contribution in [2.24, 2.45) is 0 Å². The van der Waals surface area contributed by atoms with Gasteiger partial charge in [0.15, 0.2) is 0 Å². The van der Waals surface area contributed by atoms with Crippen molar-refractivity contribution in [1.29, 1.82) is 0 Å². The number of benzene rings is 2. The summed E-state index contributed by atoms with van der Waals surface area (Å²) in [5, 5.41) is 4.94. The van der Waals surface area contributed by atoms with Crippen LogP contribution in [0.25, 0.3) is 10.9 Å². The zero-order valence-electron chi connectivity index (χ0n) is 15.8. The van der Waals surface area contributed by atoms with E-state index in [9.17, 15) is 4.79 Å². The molecule has 0 radical (unpaired) electrons. The van der Waals surface area contributed by atoms with Crippen LogP contribution in [0.5, 0.6) is 0 Å². The summed E-state index contributed by atoms with van der Waals surface area (Å²) in [7, 11) is 0. The minimum atomic E-state index is 0.0176. The van der Waals surface area contributed by atoms with Crippen molar-refractivity contribution in [3.05, 3.63) is 70.9 Å². The van der Waals surface area contributed by atoms with Crippen molar-refractivity contribution >= 4 is 28.4 Å². The molecule has 2 aromatic carbocycles. The van der Waals surface area contributed by atoms with Gasteiger partial charge < -0.3 is 10.3 Å². The van der Waals surface area contributed by atoms with Crippen molar-refractivity contribution in [2.75, 3.05) is 19.6 Å². The van der Waals surface area contributed by atoms with Crippen molar-refractivity contribution in [3.63, 3.8) is 0 Å². The third-order valence-corrected chi connectivity index (χ3v) is 5.38. The number of hydrogen-bond acceptors (Lipinski definition) is 2. The lowest BCUT2D eigenvalue weighted by Gasteiger charge is -2.31. The second kappa shape index (κ2) is 9.07. The van der Waals surface area contributed by atoms with Gasteiger partial charge in [-0.1, -0.05) is 61.8 Å². The smallest absolute Gasteiger partial charge is 0.224 e. The first kappa shape index (κ1) is 19.5. The fourth-order valence-electron chi connectivity index (χ4n) is 3.57. The third kappa shape index (κ3) is 4.52. The highest BCUT2D eigenvalue weighted by molar-refractivity contribution is 6.31. The monoisotopic (exact) mass is 383 g/mol. The van der Waals surface area contributed by atoms with E-state index < -0.39 is 0 Å². The summed E-state index contributed by atoms with van der Waals surface area (Å²) in [6.07, 6.45) is 2.28. The summed E-state index contributed by atoms with van der Waals surface area (Å²) in [6.45, 7) is 6.57. The summed E-state index contributed by atoms with van der Waals surface area (Å²) in [5.41, 5.74) is 3.12. The number of fused-ring (bicyclic) bond motifs is 1. The molecule has 4 nitrogen and oxygen atoms in total. The average molecular weight is 384 g/mol. The number of rotatable bonds is 8. The highest BCUT2D eigenvalue weighted by atomic mass is 35.5. The zero-order chi connectivity index (χ0) is 19.2. The largest absolute Gasteiger partial charge is 0.361 e. The summed E-state index contributed by atoms with van der Waals surface area (Å²) in [4.78, 5) is 18.1. The van der Waals surface area contributed by atoms with Crippen LogP contribution in [0.2, 0.25) is 5.02 Å². The number of amides is 1. The molecule has 5 heteroatoms. The number of nitrogens with one attached hydrogen (secondary N) is 2. The number of carbonyl (C=O) groups is 1. The van der Waals surface area contributed by atoms with Crippen LogP contribution < -0.4 is 5.32 Å². The number of nitrogens with zero attached hydrogens (tertiary/aromatic N) is 1. The quantitative estimate of drug-likeness (QED) is 0.598. The predicted molar refractivity (Wildman–Crippen MR) is 112 cm³/mol. The number of aromatic nitrogens is 1. The van der Waals surface area contributed by atoms with Crippen molar-refractivity contribution in [1.82, 2.24) is 15.2 Å². The molecular weight excluding hydrogens is 358 g/mol. The van der Waals surface area contributed by atoms with Crippen LogP contribution in [-0.2, 0) is 11.2 Å². The Morgan fingerprint density at radius 2 is 1.81 bits per heavy atom. The van der Waals surface area contributed by atoms with E-state index in [1.807, 2.05) is 54.7 Å². The first-order valence-corrected chi connectivity index (χ1v) is 9.82. The molecule has 0 spiro atoms. The Kier molecular flexibility index (Phi) is 6.54. The maximum atomic E-state index is 12.6. The van der Waals surface area contributed by atoms with E-state index in [1.54, 1.807) is 0 Å². The molecule has 3 aromatic rings. The molecule has 0 bridgehead atoms. The van der Waals surface area contributed by atoms with Crippen LogP contribution in [0.4, 0.5) is 0 Å². The molecule has 3 rings (SSSR count). The van der Waals surface area contributed by atoms with E-state index in [2.05, 4.69) is 29.0 Å². The van der Waals surface area contributed by atoms with E-state index in [1.165, 1.54) is 0 Å². The molecule has 0 fully saturated rings. The zero-order valence-corrected chi connectivity index (χ0v) is 16.6. The SMILES string of the molecule is CCN(CC)C(CNC(=O)Cc1c[nH]c2ccccc12)c1ccccc1Cl. The number of para-hydroxylation sites is 1. The molecule has 0 aliphatic heterocycles. The van der Waals surface area contributed by atoms with E-state index in [0.717, 1.165) is 40.1 Å². The molecule has 1 aromatic heterocycles. The van der Waals surface area contributed by atoms with Crippen molar-refractivity contribution in [3.8, 4) is 0 Å². The predicted octanol–water partition coefficient (Wildman–Crippen LogP) is 4.56. The van der Waals surface area contributed by atoms with Gasteiger partial charge in [0, 0.05) is 28.7 Å². The standard InChI is InChI=1S/C22H26ClN3O/c1-3-26(4-2)21(18-10-5-7-11-19(18)23)15-25-22(27)13-16-14-24-20-12-8-6-9-17(16)20/h5-12,14,21,24H,3-4,13,15H2,1-2H3,(H,25,27). The van der Waals surface area contributed by atoms with Gasteiger partial charge in [0.05, 0.1) is 12.5 Å². The summed E-state index contributed by atoms with van der Waals surface area (Å²) in [6, 6.07) is 16.0. The first-order chi connectivity index (χ1) is 13.1. The van der Waals surface area contributed by atoms with Gasteiger partial charge >= 0.3 is 0 Å². The maximum Gasteiger partial charge on any atom is 0.224 e. The molecule has 0 aliphatic rings. The topological polar surface area (TPSA) is 48.1 Å². The van der Waals surface area contributed by atoms with Crippen molar-refractivity contribution in [2.45, 2.75) is 26.3 Å². The van der Waals surface area contributed by atoms with E-state index in [0.29, 0.717) is 13.0 Å². The number of likely N-dealkylation sites (N-methyl/N-ethyl adjacent to an activating group) is 1. The Hall–Kier alpha value is -2.30. The molecule has 1 amide bonds. The van der Waals surface area contributed by atoms with Crippen LogP contribution in [0.15, 0.2) is 54.7 Å². The van der Waals surface area contributed by atoms with Crippen LogP contribution in [0, 0.1) is 0 Å². The third-order valence-electron chi connectivity index (χ3n) is 5.04. The molecule has 142 valence electrons. The van der Waals surface area contributed by atoms with Gasteiger partial charge in [-0.25, -0.2) is 0 Å². The lowest BCUT2D eigenvalue weighted by Crippen LogP contribution is -2.38. The van der Waals surface area contributed by atoms with Crippen LogP contribution >= 0.6 is 11.6 Å². The average Bonchev–Trinajstić information content (AvgIpc) is 3.09. The Morgan fingerprint density at radius 3 is 2.56 bits per heavy atom. The second-order valence-electron chi connectivity index (χ2n) is 6.60. The van der Waals surface area contributed by atoms with Gasteiger partial charge in [-0.05, 0) is 36.3 Å². The first-order valence-electron chi connectivity index (χ1n) is 9.44. The molecular formula is C22H26ClN3O. The van der Waals surface area contributed by atoms with Gasteiger partial charge in [0.25, 0.3) is 0 Å². The minimum absolute atomic E-state index is 0.0176. The normalized spacial score (nSPS) is 12.4. The highest BCUT2D eigenvalue weighted by Crippen LogP contribution is 2.27. The summed E-state index contributed by atoms with van der Waals surface area (Å²) in [5.74, 6) is 0.0176. The molecule has 0 saturated heterocycles. The number of carbonyl (C=O) groups excluding carboxylic acids is 1.